The highest BCUT2D eigenvalue weighted by Crippen LogP contribution is 2.24. The van der Waals surface area contributed by atoms with Gasteiger partial charge in [0, 0.05) is 4.88 Å². The molecule has 4 nitrogen and oxygen atoms in total. The normalized spacial score (nSPS) is 10.9. The highest BCUT2D eigenvalue weighted by molar-refractivity contribution is 7.14. The van der Waals surface area contributed by atoms with E-state index in [9.17, 15) is 4.79 Å². The summed E-state index contributed by atoms with van der Waals surface area (Å²) in [5, 5.41) is 20.5. The van der Waals surface area contributed by atoms with Crippen LogP contribution < -0.4 is 5.32 Å². The lowest BCUT2D eigenvalue weighted by molar-refractivity contribution is 0.0883. The maximum atomic E-state index is 11.9. The van der Waals surface area contributed by atoms with E-state index in [2.05, 4.69) is 19.2 Å². The molecular weight excluding hydrogens is 250 g/mol. The molecule has 0 aliphatic carbocycles. The molecule has 1 rings (SSSR count). The van der Waals surface area contributed by atoms with Crippen molar-refractivity contribution in [2.75, 3.05) is 13.2 Å². The number of aryl methyl sites for hydroxylation is 2. The molecule has 1 aromatic heterocycles. The van der Waals surface area contributed by atoms with Crippen LogP contribution in [0.4, 0.5) is 0 Å². The Morgan fingerprint density at radius 2 is 2.06 bits per heavy atom. The number of carbonyl (C=O) groups is 1. The van der Waals surface area contributed by atoms with Crippen molar-refractivity contribution >= 4 is 17.2 Å². The molecule has 1 aromatic rings. The van der Waals surface area contributed by atoms with Gasteiger partial charge < -0.3 is 15.5 Å². The topological polar surface area (TPSA) is 69.6 Å². The first kappa shape index (κ1) is 15.1. The average Bonchev–Trinajstić information content (AvgIpc) is 2.79. The number of hydrogen-bond acceptors (Lipinski definition) is 4. The fourth-order valence-corrected chi connectivity index (χ4v) is 2.98. The van der Waals surface area contributed by atoms with Gasteiger partial charge in [0.25, 0.3) is 5.91 Å². The van der Waals surface area contributed by atoms with Gasteiger partial charge in [-0.25, -0.2) is 0 Å². The molecule has 0 aliphatic rings. The molecule has 0 saturated heterocycles. The molecule has 1 heterocycles. The summed E-state index contributed by atoms with van der Waals surface area (Å²) in [5.41, 5.74) is 1.22. The van der Waals surface area contributed by atoms with E-state index in [1.54, 1.807) is 0 Å². The smallest absolute Gasteiger partial charge is 0.261 e. The number of rotatable bonds is 7. The number of aliphatic hydroxyl groups excluding tert-OH is 2. The third kappa shape index (κ3) is 3.80. The molecule has 0 unspecified atom stereocenters. The largest absolute Gasteiger partial charge is 0.394 e. The van der Waals surface area contributed by atoms with Crippen LogP contribution in [0.3, 0.4) is 0 Å². The van der Waals surface area contributed by atoms with Crippen LogP contribution in [-0.2, 0) is 12.8 Å². The van der Waals surface area contributed by atoms with Crippen LogP contribution in [0.1, 0.15) is 40.4 Å². The second kappa shape index (κ2) is 7.51. The van der Waals surface area contributed by atoms with Crippen molar-refractivity contribution in [3.63, 3.8) is 0 Å². The van der Waals surface area contributed by atoms with E-state index in [1.807, 2.05) is 6.07 Å². The number of nitrogens with one attached hydrogen (secondary N) is 1. The van der Waals surface area contributed by atoms with Crippen molar-refractivity contribution < 1.29 is 15.0 Å². The first-order chi connectivity index (χ1) is 8.65. The van der Waals surface area contributed by atoms with Crippen molar-refractivity contribution in [1.29, 1.82) is 0 Å². The van der Waals surface area contributed by atoms with E-state index in [1.165, 1.54) is 21.8 Å². The summed E-state index contributed by atoms with van der Waals surface area (Å²) < 4.78 is 0. The van der Waals surface area contributed by atoms with Crippen LogP contribution in [0.15, 0.2) is 6.07 Å². The Balaban J connectivity index is 2.79. The van der Waals surface area contributed by atoms with E-state index in [0.29, 0.717) is 4.88 Å². The first-order valence-corrected chi connectivity index (χ1v) is 7.12. The number of aliphatic hydroxyl groups is 2. The van der Waals surface area contributed by atoms with Crippen LogP contribution in [0.5, 0.6) is 0 Å². The maximum Gasteiger partial charge on any atom is 0.261 e. The van der Waals surface area contributed by atoms with Crippen molar-refractivity contribution in [3.8, 4) is 0 Å². The second-order valence-corrected chi connectivity index (χ2v) is 5.33. The highest BCUT2D eigenvalue weighted by Gasteiger charge is 2.16. The summed E-state index contributed by atoms with van der Waals surface area (Å²) in [6, 6.07) is 1.33. The molecule has 0 saturated carbocycles. The molecule has 0 atom stereocenters. The number of thiophene rings is 1. The summed E-state index contributed by atoms with van der Waals surface area (Å²) in [4.78, 5) is 13.8. The molecule has 0 fully saturated rings. The standard InChI is InChI=1S/C13H21NO3S/c1-3-5-11-9(4-2)6-12(18-11)13(17)14-10(7-15)8-16/h6,10,15-16H,3-5,7-8H2,1-2H3,(H,14,17). The zero-order valence-corrected chi connectivity index (χ0v) is 11.7. The van der Waals surface area contributed by atoms with Gasteiger partial charge in [-0.2, -0.15) is 0 Å². The quantitative estimate of drug-likeness (QED) is 0.701. The molecular formula is C13H21NO3S. The number of carbonyl (C=O) groups excluding carboxylic acids is 1. The molecule has 0 aromatic carbocycles. The minimum Gasteiger partial charge on any atom is -0.394 e. The van der Waals surface area contributed by atoms with E-state index in [-0.39, 0.29) is 19.1 Å². The zero-order chi connectivity index (χ0) is 13.5. The minimum absolute atomic E-state index is 0.217. The molecule has 0 spiro atoms. The van der Waals surface area contributed by atoms with Gasteiger partial charge in [-0.3, -0.25) is 4.79 Å². The van der Waals surface area contributed by atoms with E-state index >= 15 is 0 Å². The molecule has 18 heavy (non-hydrogen) atoms. The Labute approximate surface area is 112 Å². The summed E-state index contributed by atoms with van der Waals surface area (Å²) in [6.45, 7) is 3.69. The molecule has 0 radical (unpaired) electrons. The monoisotopic (exact) mass is 271 g/mol. The highest BCUT2D eigenvalue weighted by atomic mass is 32.1. The van der Waals surface area contributed by atoms with Crippen molar-refractivity contribution in [3.05, 3.63) is 21.4 Å². The molecule has 0 bridgehead atoms. The third-order valence-corrected chi connectivity index (χ3v) is 3.99. The van der Waals surface area contributed by atoms with Gasteiger partial charge >= 0.3 is 0 Å². The molecule has 0 aliphatic heterocycles. The zero-order valence-electron chi connectivity index (χ0n) is 10.9. The fraction of sp³-hybridized carbons (Fsp3) is 0.615. The summed E-state index contributed by atoms with van der Waals surface area (Å²) in [5.74, 6) is -0.217. The Hall–Kier alpha value is -0.910. The van der Waals surface area contributed by atoms with Gasteiger partial charge in [0.15, 0.2) is 0 Å². The first-order valence-electron chi connectivity index (χ1n) is 6.30. The second-order valence-electron chi connectivity index (χ2n) is 4.20. The van der Waals surface area contributed by atoms with Crippen LogP contribution >= 0.6 is 11.3 Å². The fourth-order valence-electron chi connectivity index (χ4n) is 1.72. The van der Waals surface area contributed by atoms with E-state index in [4.69, 9.17) is 10.2 Å². The lowest BCUT2D eigenvalue weighted by atomic mass is 10.1. The number of amides is 1. The summed E-state index contributed by atoms with van der Waals surface area (Å²) in [7, 11) is 0. The van der Waals surface area contributed by atoms with Crippen molar-refractivity contribution in [2.24, 2.45) is 0 Å². The molecule has 102 valence electrons. The van der Waals surface area contributed by atoms with E-state index in [0.717, 1.165) is 19.3 Å². The molecule has 5 heteroatoms. The van der Waals surface area contributed by atoms with Gasteiger partial charge in [-0.15, -0.1) is 11.3 Å². The lowest BCUT2D eigenvalue weighted by Gasteiger charge is -2.11. The van der Waals surface area contributed by atoms with Crippen molar-refractivity contribution in [1.82, 2.24) is 5.32 Å². The molecule has 3 N–H and O–H groups in total. The minimum atomic E-state index is -0.584. The Kier molecular flexibility index (Phi) is 6.32. The summed E-state index contributed by atoms with van der Waals surface area (Å²) in [6.07, 6.45) is 2.97. The van der Waals surface area contributed by atoms with Crippen LogP contribution in [0.2, 0.25) is 0 Å². The van der Waals surface area contributed by atoms with E-state index < -0.39 is 6.04 Å². The summed E-state index contributed by atoms with van der Waals surface area (Å²) >= 11 is 1.50. The van der Waals surface area contributed by atoms with Crippen molar-refractivity contribution in [2.45, 2.75) is 39.2 Å². The van der Waals surface area contributed by atoms with Crippen LogP contribution in [0.25, 0.3) is 0 Å². The van der Waals surface area contributed by atoms with Gasteiger partial charge in [0.2, 0.25) is 0 Å². The van der Waals surface area contributed by atoms with Gasteiger partial charge in [0.05, 0.1) is 24.1 Å². The number of hydrogen-bond donors (Lipinski definition) is 3. The van der Waals surface area contributed by atoms with Crippen LogP contribution in [-0.4, -0.2) is 35.4 Å². The van der Waals surface area contributed by atoms with Gasteiger partial charge in [-0.05, 0) is 24.5 Å². The molecule has 1 amide bonds. The predicted molar refractivity (Wildman–Crippen MR) is 73.1 cm³/mol. The van der Waals surface area contributed by atoms with Gasteiger partial charge in [0.1, 0.15) is 0 Å². The third-order valence-electron chi connectivity index (χ3n) is 2.75. The Morgan fingerprint density at radius 1 is 1.39 bits per heavy atom. The Morgan fingerprint density at radius 3 is 2.56 bits per heavy atom. The van der Waals surface area contributed by atoms with Crippen LogP contribution in [0, 0.1) is 0 Å². The average molecular weight is 271 g/mol. The SMILES string of the molecule is CCCc1sc(C(=O)NC(CO)CO)cc1CC. The lowest BCUT2D eigenvalue weighted by Crippen LogP contribution is -2.39. The Bertz CT molecular complexity index is 386. The predicted octanol–water partition coefficient (Wildman–Crippen LogP) is 1.35. The maximum absolute atomic E-state index is 11.9. The van der Waals surface area contributed by atoms with Gasteiger partial charge in [-0.1, -0.05) is 20.3 Å².